The molecule has 0 saturated carbocycles. The molecule has 1 fully saturated rings. The van der Waals surface area contributed by atoms with Crippen LogP contribution in [0.3, 0.4) is 0 Å². The van der Waals surface area contributed by atoms with Gasteiger partial charge in [0.25, 0.3) is 0 Å². The molecular weight excluding hydrogens is 116 g/mol. The van der Waals surface area contributed by atoms with E-state index >= 15 is 0 Å². The van der Waals surface area contributed by atoms with Crippen LogP contribution in [0.15, 0.2) is 12.3 Å². The minimum Gasteiger partial charge on any atom is -0.505 e. The molecule has 1 rings (SSSR count). The Bertz CT molecular complexity index is 93.1. The number of methoxy groups -OCH3 is 1. The molecule has 2 nitrogen and oxygen atoms in total. The summed E-state index contributed by atoms with van der Waals surface area (Å²) < 4.78 is 9.91. The summed E-state index contributed by atoms with van der Waals surface area (Å²) in [7, 11) is 1.66. The van der Waals surface area contributed by atoms with Crippen molar-refractivity contribution in [2.75, 3.05) is 20.3 Å². The molecule has 0 amide bonds. The third-order valence-corrected chi connectivity index (χ3v) is 1.45. The molecule has 0 radical (unpaired) electrons. The van der Waals surface area contributed by atoms with Gasteiger partial charge in [-0.25, -0.2) is 0 Å². The van der Waals surface area contributed by atoms with Gasteiger partial charge in [0.05, 0.1) is 20.0 Å². The van der Waals surface area contributed by atoms with Gasteiger partial charge in [0.2, 0.25) is 0 Å². The molecule has 0 N–H and O–H groups in total. The van der Waals surface area contributed by atoms with Gasteiger partial charge in [-0.1, -0.05) is 0 Å². The molecule has 1 atom stereocenters. The normalized spacial score (nSPS) is 27.4. The molecule has 0 aromatic carbocycles. The maximum absolute atomic E-state index is 5.15. The third-order valence-electron chi connectivity index (χ3n) is 1.45. The van der Waals surface area contributed by atoms with E-state index in [1.807, 2.05) is 6.08 Å². The van der Waals surface area contributed by atoms with Crippen LogP contribution in [0.5, 0.6) is 0 Å². The van der Waals surface area contributed by atoms with Gasteiger partial charge in [-0.2, -0.15) is 0 Å². The van der Waals surface area contributed by atoms with E-state index in [0.717, 1.165) is 19.6 Å². The molecule has 1 saturated heterocycles. The fraction of sp³-hybridized carbons (Fsp3) is 0.714. The van der Waals surface area contributed by atoms with Crippen molar-refractivity contribution in [1.29, 1.82) is 0 Å². The highest BCUT2D eigenvalue weighted by Crippen LogP contribution is 2.12. The largest absolute Gasteiger partial charge is 0.505 e. The van der Waals surface area contributed by atoms with Gasteiger partial charge in [-0.3, -0.25) is 0 Å². The van der Waals surface area contributed by atoms with Crippen LogP contribution < -0.4 is 0 Å². The lowest BCUT2D eigenvalue weighted by atomic mass is 10.1. The third kappa shape index (κ3) is 2.06. The predicted octanol–water partition coefficient (Wildman–Crippen LogP) is 1.18. The van der Waals surface area contributed by atoms with Gasteiger partial charge >= 0.3 is 0 Å². The van der Waals surface area contributed by atoms with Crippen LogP contribution >= 0.6 is 0 Å². The van der Waals surface area contributed by atoms with Crippen LogP contribution in [0.1, 0.15) is 6.42 Å². The molecule has 1 aliphatic heterocycles. The zero-order chi connectivity index (χ0) is 6.53. The second-order valence-corrected chi connectivity index (χ2v) is 2.19. The fourth-order valence-corrected chi connectivity index (χ4v) is 0.894. The topological polar surface area (TPSA) is 18.5 Å². The number of rotatable bonds is 2. The van der Waals surface area contributed by atoms with E-state index in [9.17, 15) is 0 Å². The van der Waals surface area contributed by atoms with Gasteiger partial charge in [0, 0.05) is 12.5 Å². The molecule has 0 aliphatic carbocycles. The SMILES string of the molecule is COC=CC1CCOC1. The first-order chi connectivity index (χ1) is 4.43. The summed E-state index contributed by atoms with van der Waals surface area (Å²) in [6, 6.07) is 0. The smallest absolute Gasteiger partial charge is 0.0788 e. The van der Waals surface area contributed by atoms with E-state index in [0.29, 0.717) is 5.92 Å². The average molecular weight is 128 g/mol. The van der Waals surface area contributed by atoms with E-state index < -0.39 is 0 Å². The van der Waals surface area contributed by atoms with Crippen molar-refractivity contribution in [2.24, 2.45) is 5.92 Å². The van der Waals surface area contributed by atoms with Crippen LogP contribution in [0, 0.1) is 5.92 Å². The highest BCUT2D eigenvalue weighted by Gasteiger charge is 2.11. The lowest BCUT2D eigenvalue weighted by Gasteiger charge is -1.95. The summed E-state index contributed by atoms with van der Waals surface area (Å²) in [6.45, 7) is 1.76. The van der Waals surface area contributed by atoms with Gasteiger partial charge in [-0.05, 0) is 12.5 Å². The van der Waals surface area contributed by atoms with Gasteiger partial charge in [0.15, 0.2) is 0 Å². The summed E-state index contributed by atoms with van der Waals surface area (Å²) in [5.41, 5.74) is 0. The zero-order valence-corrected chi connectivity index (χ0v) is 5.67. The van der Waals surface area contributed by atoms with Crippen molar-refractivity contribution in [3.63, 3.8) is 0 Å². The Morgan fingerprint density at radius 2 is 2.56 bits per heavy atom. The Hall–Kier alpha value is -0.500. The molecule has 0 bridgehead atoms. The van der Waals surface area contributed by atoms with Crippen LogP contribution in [-0.4, -0.2) is 20.3 Å². The highest BCUT2D eigenvalue weighted by molar-refractivity contribution is 4.85. The van der Waals surface area contributed by atoms with Crippen molar-refractivity contribution in [3.8, 4) is 0 Å². The zero-order valence-electron chi connectivity index (χ0n) is 5.67. The molecule has 1 aliphatic rings. The summed E-state index contributed by atoms with van der Waals surface area (Å²) in [6.07, 6.45) is 4.91. The molecule has 1 heterocycles. The molecule has 1 unspecified atom stereocenters. The molecule has 52 valence electrons. The highest BCUT2D eigenvalue weighted by atomic mass is 16.5. The van der Waals surface area contributed by atoms with Crippen LogP contribution in [0.25, 0.3) is 0 Å². The molecule has 0 spiro atoms. The monoisotopic (exact) mass is 128 g/mol. The molecule has 0 aromatic heterocycles. The van der Waals surface area contributed by atoms with Crippen molar-refractivity contribution in [1.82, 2.24) is 0 Å². The minimum atomic E-state index is 0.588. The van der Waals surface area contributed by atoms with E-state index in [1.165, 1.54) is 0 Å². The first-order valence-corrected chi connectivity index (χ1v) is 3.20. The maximum atomic E-state index is 5.15. The maximum Gasteiger partial charge on any atom is 0.0788 e. The number of ether oxygens (including phenoxy) is 2. The lowest BCUT2D eigenvalue weighted by molar-refractivity contribution is 0.191. The molecule has 0 aromatic rings. The molecule has 9 heavy (non-hydrogen) atoms. The first-order valence-electron chi connectivity index (χ1n) is 3.20. The van der Waals surface area contributed by atoms with Crippen molar-refractivity contribution in [2.45, 2.75) is 6.42 Å². The first kappa shape index (κ1) is 6.62. The van der Waals surface area contributed by atoms with Gasteiger partial charge in [-0.15, -0.1) is 0 Å². The van der Waals surface area contributed by atoms with Crippen LogP contribution in [-0.2, 0) is 9.47 Å². The van der Waals surface area contributed by atoms with Crippen molar-refractivity contribution in [3.05, 3.63) is 12.3 Å². The van der Waals surface area contributed by atoms with Gasteiger partial charge in [0.1, 0.15) is 0 Å². The Kier molecular flexibility index (Phi) is 2.58. The van der Waals surface area contributed by atoms with Crippen LogP contribution in [0.2, 0.25) is 0 Å². The Morgan fingerprint density at radius 3 is 3.11 bits per heavy atom. The van der Waals surface area contributed by atoms with Crippen LogP contribution in [0.4, 0.5) is 0 Å². The lowest BCUT2D eigenvalue weighted by Crippen LogP contribution is -1.92. The summed E-state index contributed by atoms with van der Waals surface area (Å²) in [5, 5.41) is 0. The quantitative estimate of drug-likeness (QED) is 0.520. The Labute approximate surface area is 55.5 Å². The summed E-state index contributed by atoms with van der Waals surface area (Å²) >= 11 is 0. The summed E-state index contributed by atoms with van der Waals surface area (Å²) in [5.74, 6) is 0.588. The Balaban J connectivity index is 2.18. The van der Waals surface area contributed by atoms with Crippen molar-refractivity contribution >= 4 is 0 Å². The van der Waals surface area contributed by atoms with E-state index in [4.69, 9.17) is 9.47 Å². The fourth-order valence-electron chi connectivity index (χ4n) is 0.894. The average Bonchev–Trinajstić information content (AvgIpc) is 2.34. The summed E-state index contributed by atoms with van der Waals surface area (Å²) in [4.78, 5) is 0. The van der Waals surface area contributed by atoms with E-state index in [-0.39, 0.29) is 0 Å². The van der Waals surface area contributed by atoms with E-state index in [1.54, 1.807) is 13.4 Å². The standard InChI is InChI=1S/C7H12O2/c1-8-4-2-7-3-5-9-6-7/h2,4,7H,3,5-6H2,1H3. The van der Waals surface area contributed by atoms with E-state index in [2.05, 4.69) is 0 Å². The predicted molar refractivity (Wildman–Crippen MR) is 35.1 cm³/mol. The second kappa shape index (κ2) is 3.51. The number of hydrogen-bond donors (Lipinski definition) is 0. The molecular formula is C7H12O2. The second-order valence-electron chi connectivity index (χ2n) is 2.19. The number of hydrogen-bond acceptors (Lipinski definition) is 2. The minimum absolute atomic E-state index is 0.588. The molecule has 2 heteroatoms. The van der Waals surface area contributed by atoms with Crippen molar-refractivity contribution < 1.29 is 9.47 Å². The van der Waals surface area contributed by atoms with Gasteiger partial charge < -0.3 is 9.47 Å². The Morgan fingerprint density at radius 1 is 1.67 bits per heavy atom.